The van der Waals surface area contributed by atoms with Crippen LogP contribution in [0.4, 0.5) is 5.95 Å². The molecule has 0 saturated heterocycles. The van der Waals surface area contributed by atoms with E-state index in [0.717, 1.165) is 15.9 Å². The Labute approximate surface area is 95.7 Å². The molecular formula is C9H10BrN5. The van der Waals surface area contributed by atoms with Crippen LogP contribution in [0.2, 0.25) is 0 Å². The molecule has 0 radical (unpaired) electrons. The summed E-state index contributed by atoms with van der Waals surface area (Å²) in [6, 6.07) is 0. The molecule has 0 fully saturated rings. The zero-order valence-corrected chi connectivity index (χ0v) is 9.98. The van der Waals surface area contributed by atoms with Crippen molar-refractivity contribution < 1.29 is 0 Å². The van der Waals surface area contributed by atoms with Crippen LogP contribution in [-0.4, -0.2) is 26.8 Å². The summed E-state index contributed by atoms with van der Waals surface area (Å²) in [4.78, 5) is 8.39. The second kappa shape index (κ2) is 3.98. The first-order valence-corrected chi connectivity index (χ1v) is 5.22. The van der Waals surface area contributed by atoms with Crippen LogP contribution in [0, 0.1) is 6.92 Å². The fourth-order valence-electron chi connectivity index (χ4n) is 1.17. The number of aromatic nitrogens is 4. The lowest BCUT2D eigenvalue weighted by Gasteiger charge is -2.04. The second-order valence-electron chi connectivity index (χ2n) is 3.08. The molecule has 0 aliphatic carbocycles. The third-order valence-corrected chi connectivity index (χ3v) is 2.44. The highest BCUT2D eigenvalue weighted by Gasteiger charge is 2.07. The SMILES string of the molecule is CNc1ncc(Br)c(-n2cc(C)cn2)n1. The molecule has 0 unspecified atom stereocenters. The summed E-state index contributed by atoms with van der Waals surface area (Å²) in [5, 5.41) is 7.08. The maximum atomic E-state index is 4.31. The molecule has 5 nitrogen and oxygen atoms in total. The van der Waals surface area contributed by atoms with E-state index < -0.39 is 0 Å². The van der Waals surface area contributed by atoms with Gasteiger partial charge in [0.25, 0.3) is 0 Å². The Morgan fingerprint density at radius 3 is 2.80 bits per heavy atom. The third kappa shape index (κ3) is 1.99. The van der Waals surface area contributed by atoms with Gasteiger partial charge in [-0.2, -0.15) is 10.1 Å². The summed E-state index contributed by atoms with van der Waals surface area (Å²) < 4.78 is 2.52. The van der Waals surface area contributed by atoms with Gasteiger partial charge in [-0.15, -0.1) is 0 Å². The third-order valence-electron chi connectivity index (χ3n) is 1.88. The van der Waals surface area contributed by atoms with Crippen molar-refractivity contribution in [1.82, 2.24) is 19.7 Å². The minimum atomic E-state index is 0.571. The molecular weight excluding hydrogens is 258 g/mol. The lowest BCUT2D eigenvalue weighted by atomic mass is 10.4. The van der Waals surface area contributed by atoms with Gasteiger partial charge < -0.3 is 5.32 Å². The number of rotatable bonds is 2. The first-order valence-electron chi connectivity index (χ1n) is 4.42. The van der Waals surface area contributed by atoms with Gasteiger partial charge in [0.05, 0.1) is 10.7 Å². The summed E-state index contributed by atoms with van der Waals surface area (Å²) in [5.41, 5.74) is 1.09. The molecule has 6 heteroatoms. The summed E-state index contributed by atoms with van der Waals surface area (Å²) in [5.74, 6) is 1.30. The Hall–Kier alpha value is -1.43. The van der Waals surface area contributed by atoms with Crippen LogP contribution in [0.5, 0.6) is 0 Å². The summed E-state index contributed by atoms with van der Waals surface area (Å²) in [6.07, 6.45) is 5.39. The molecule has 2 heterocycles. The number of nitrogens with one attached hydrogen (secondary N) is 1. The quantitative estimate of drug-likeness (QED) is 0.901. The van der Waals surface area contributed by atoms with Crippen molar-refractivity contribution in [3.8, 4) is 5.82 Å². The highest BCUT2D eigenvalue weighted by molar-refractivity contribution is 9.10. The number of nitrogens with zero attached hydrogens (tertiary/aromatic N) is 4. The minimum Gasteiger partial charge on any atom is -0.357 e. The summed E-state index contributed by atoms with van der Waals surface area (Å²) in [6.45, 7) is 1.98. The molecule has 0 aliphatic heterocycles. The molecule has 0 bridgehead atoms. The molecule has 2 rings (SSSR count). The fourth-order valence-corrected chi connectivity index (χ4v) is 1.54. The molecule has 1 N–H and O–H groups in total. The zero-order chi connectivity index (χ0) is 10.8. The number of halogens is 1. The normalized spacial score (nSPS) is 10.3. The highest BCUT2D eigenvalue weighted by atomic mass is 79.9. The Bertz CT molecular complexity index is 479. The molecule has 0 aromatic carbocycles. The number of hydrogen-bond donors (Lipinski definition) is 1. The van der Waals surface area contributed by atoms with Crippen LogP contribution < -0.4 is 5.32 Å². The van der Waals surface area contributed by atoms with Gasteiger partial charge >= 0.3 is 0 Å². The van der Waals surface area contributed by atoms with E-state index in [-0.39, 0.29) is 0 Å². The van der Waals surface area contributed by atoms with Crippen LogP contribution >= 0.6 is 15.9 Å². The monoisotopic (exact) mass is 267 g/mol. The van der Waals surface area contributed by atoms with Gasteiger partial charge in [-0.25, -0.2) is 9.67 Å². The van der Waals surface area contributed by atoms with E-state index in [1.165, 1.54) is 0 Å². The summed E-state index contributed by atoms with van der Waals surface area (Å²) in [7, 11) is 1.78. The largest absolute Gasteiger partial charge is 0.357 e. The van der Waals surface area contributed by atoms with Crippen molar-refractivity contribution in [3.05, 3.63) is 28.6 Å². The Balaban J connectivity index is 2.51. The topological polar surface area (TPSA) is 55.6 Å². The first-order chi connectivity index (χ1) is 7.20. The first kappa shape index (κ1) is 10.1. The molecule has 2 aromatic heterocycles. The van der Waals surface area contributed by atoms with E-state index in [1.54, 1.807) is 24.1 Å². The van der Waals surface area contributed by atoms with Crippen LogP contribution in [0.25, 0.3) is 5.82 Å². The molecule has 0 aliphatic rings. The Morgan fingerprint density at radius 1 is 1.40 bits per heavy atom. The standard InChI is InChI=1S/C9H10BrN5/c1-6-3-13-15(5-6)8-7(10)4-12-9(11-2)14-8/h3-5H,1-2H3,(H,11,12,14). The number of hydrogen-bond acceptors (Lipinski definition) is 4. The van der Waals surface area contributed by atoms with Crippen molar-refractivity contribution in [2.24, 2.45) is 0 Å². The second-order valence-corrected chi connectivity index (χ2v) is 3.93. The highest BCUT2D eigenvalue weighted by Crippen LogP contribution is 2.18. The van der Waals surface area contributed by atoms with Crippen LogP contribution in [-0.2, 0) is 0 Å². The van der Waals surface area contributed by atoms with E-state index >= 15 is 0 Å². The van der Waals surface area contributed by atoms with Gasteiger partial charge in [0, 0.05) is 19.4 Å². The number of anilines is 1. The minimum absolute atomic E-state index is 0.571. The van der Waals surface area contributed by atoms with Crippen molar-refractivity contribution in [2.45, 2.75) is 6.92 Å². The van der Waals surface area contributed by atoms with Gasteiger partial charge in [0.2, 0.25) is 5.95 Å². The van der Waals surface area contributed by atoms with Gasteiger partial charge in [-0.3, -0.25) is 0 Å². The van der Waals surface area contributed by atoms with Crippen molar-refractivity contribution in [2.75, 3.05) is 12.4 Å². The van der Waals surface area contributed by atoms with Gasteiger partial charge in [0.1, 0.15) is 0 Å². The lowest BCUT2D eigenvalue weighted by molar-refractivity contribution is 0.835. The fraction of sp³-hybridized carbons (Fsp3) is 0.222. The maximum absolute atomic E-state index is 4.31. The van der Waals surface area contributed by atoms with E-state index in [2.05, 4.69) is 36.3 Å². The Morgan fingerprint density at radius 2 is 2.20 bits per heavy atom. The van der Waals surface area contributed by atoms with E-state index in [4.69, 9.17) is 0 Å². The van der Waals surface area contributed by atoms with Crippen molar-refractivity contribution in [1.29, 1.82) is 0 Å². The van der Waals surface area contributed by atoms with Crippen LogP contribution in [0.1, 0.15) is 5.56 Å². The lowest BCUT2D eigenvalue weighted by Crippen LogP contribution is -2.04. The van der Waals surface area contributed by atoms with Crippen molar-refractivity contribution in [3.63, 3.8) is 0 Å². The van der Waals surface area contributed by atoms with E-state index in [1.807, 2.05) is 13.1 Å². The molecule has 0 amide bonds. The smallest absolute Gasteiger partial charge is 0.224 e. The molecule has 15 heavy (non-hydrogen) atoms. The molecule has 78 valence electrons. The van der Waals surface area contributed by atoms with E-state index in [9.17, 15) is 0 Å². The zero-order valence-electron chi connectivity index (χ0n) is 8.40. The van der Waals surface area contributed by atoms with Crippen molar-refractivity contribution >= 4 is 21.9 Å². The predicted octanol–water partition coefficient (Wildman–Crippen LogP) is 1.77. The molecule has 0 spiro atoms. The average Bonchev–Trinajstić information content (AvgIpc) is 2.65. The van der Waals surface area contributed by atoms with Gasteiger partial charge in [-0.1, -0.05) is 0 Å². The van der Waals surface area contributed by atoms with E-state index in [0.29, 0.717) is 5.95 Å². The summed E-state index contributed by atoms with van der Waals surface area (Å²) >= 11 is 3.39. The molecule has 0 saturated carbocycles. The predicted molar refractivity (Wildman–Crippen MR) is 61.1 cm³/mol. The average molecular weight is 268 g/mol. The van der Waals surface area contributed by atoms with Crippen LogP contribution in [0.15, 0.2) is 23.1 Å². The maximum Gasteiger partial charge on any atom is 0.224 e. The van der Waals surface area contributed by atoms with Crippen LogP contribution in [0.3, 0.4) is 0 Å². The Kier molecular flexibility index (Phi) is 2.68. The van der Waals surface area contributed by atoms with Gasteiger partial charge in [-0.05, 0) is 28.4 Å². The van der Waals surface area contributed by atoms with Gasteiger partial charge in [0.15, 0.2) is 5.82 Å². The molecule has 2 aromatic rings. The number of aryl methyl sites for hydroxylation is 1. The molecule has 0 atom stereocenters.